The van der Waals surface area contributed by atoms with Crippen molar-refractivity contribution in [1.82, 2.24) is 4.90 Å². The van der Waals surface area contributed by atoms with Crippen LogP contribution in [0, 0.1) is 5.92 Å². The largest absolute Gasteiger partial charge is 0.339 e. The summed E-state index contributed by atoms with van der Waals surface area (Å²) in [6.07, 6.45) is 4.06. The van der Waals surface area contributed by atoms with Crippen molar-refractivity contribution in [2.24, 2.45) is 5.92 Å². The van der Waals surface area contributed by atoms with Crippen LogP contribution >= 0.6 is 11.8 Å². The predicted octanol–water partition coefficient (Wildman–Crippen LogP) is 5.41. The lowest BCUT2D eigenvalue weighted by Gasteiger charge is -2.34. The number of hydrogen-bond donors (Lipinski definition) is 0. The molecule has 3 heteroatoms. The van der Waals surface area contributed by atoms with Crippen molar-refractivity contribution in [3.8, 4) is 0 Å². The second-order valence-corrected chi connectivity index (χ2v) is 8.17. The Hall–Kier alpha value is -1.45. The molecule has 0 aromatic heterocycles. The van der Waals surface area contributed by atoms with E-state index < -0.39 is 0 Å². The Morgan fingerprint density at radius 3 is 2.12 bits per heavy atom. The third kappa shape index (κ3) is 3.33. The highest BCUT2D eigenvalue weighted by Gasteiger charge is 2.24. The molecular formula is C21H26N2S. The summed E-state index contributed by atoms with van der Waals surface area (Å²) in [4.78, 5) is 7.92. The normalized spacial score (nSPS) is 18.3. The summed E-state index contributed by atoms with van der Waals surface area (Å²) in [7, 11) is 0. The first-order valence-corrected chi connectivity index (χ1v) is 9.99. The van der Waals surface area contributed by atoms with E-state index in [0.29, 0.717) is 5.92 Å². The van der Waals surface area contributed by atoms with Gasteiger partial charge in [0.25, 0.3) is 0 Å². The second kappa shape index (κ2) is 7.20. The maximum atomic E-state index is 2.63. The van der Waals surface area contributed by atoms with Crippen LogP contribution in [0.1, 0.15) is 26.2 Å². The van der Waals surface area contributed by atoms with Crippen LogP contribution < -0.4 is 4.90 Å². The first-order valence-electron chi connectivity index (χ1n) is 9.17. The molecule has 1 fully saturated rings. The third-order valence-electron chi connectivity index (χ3n) is 5.16. The molecule has 0 spiro atoms. The fourth-order valence-corrected chi connectivity index (χ4v) is 4.89. The summed E-state index contributed by atoms with van der Waals surface area (Å²) in [5, 5.41) is 0. The number of likely N-dealkylation sites (tertiary alicyclic amines) is 1. The van der Waals surface area contributed by atoms with Gasteiger partial charge >= 0.3 is 0 Å². The Kier molecular flexibility index (Phi) is 4.81. The fraction of sp³-hybridized carbons (Fsp3) is 0.429. The molecule has 2 aromatic carbocycles. The minimum Gasteiger partial charge on any atom is -0.339 e. The van der Waals surface area contributed by atoms with Crippen molar-refractivity contribution in [3.05, 3.63) is 48.5 Å². The first-order chi connectivity index (χ1) is 11.8. The van der Waals surface area contributed by atoms with E-state index in [1.807, 2.05) is 11.8 Å². The highest BCUT2D eigenvalue weighted by Crippen LogP contribution is 2.48. The van der Waals surface area contributed by atoms with E-state index in [2.05, 4.69) is 65.3 Å². The number of para-hydroxylation sites is 2. The molecule has 0 aliphatic carbocycles. The van der Waals surface area contributed by atoms with Crippen molar-refractivity contribution in [1.29, 1.82) is 0 Å². The zero-order valence-corrected chi connectivity index (χ0v) is 15.3. The maximum Gasteiger partial charge on any atom is 0.0552 e. The summed E-state index contributed by atoms with van der Waals surface area (Å²) >= 11 is 1.90. The monoisotopic (exact) mass is 338 g/mol. The van der Waals surface area contributed by atoms with Crippen molar-refractivity contribution in [2.75, 3.05) is 31.1 Å². The topological polar surface area (TPSA) is 6.48 Å². The quantitative estimate of drug-likeness (QED) is 0.719. The van der Waals surface area contributed by atoms with Crippen LogP contribution in [0.25, 0.3) is 0 Å². The summed E-state index contributed by atoms with van der Waals surface area (Å²) in [5.74, 6) is 0.690. The van der Waals surface area contributed by atoms with E-state index in [9.17, 15) is 0 Å². The molecule has 126 valence electrons. The Morgan fingerprint density at radius 1 is 0.917 bits per heavy atom. The summed E-state index contributed by atoms with van der Waals surface area (Å²) in [6.45, 7) is 7.37. The first kappa shape index (κ1) is 16.0. The number of rotatable bonds is 5. The molecule has 0 saturated carbocycles. The van der Waals surface area contributed by atoms with E-state index in [0.717, 1.165) is 6.54 Å². The molecule has 0 N–H and O–H groups in total. The minimum atomic E-state index is 0.690. The van der Waals surface area contributed by atoms with Crippen LogP contribution in [0.5, 0.6) is 0 Å². The van der Waals surface area contributed by atoms with Crippen LogP contribution in [0.4, 0.5) is 11.4 Å². The molecule has 0 amide bonds. The highest BCUT2D eigenvalue weighted by molar-refractivity contribution is 7.99. The van der Waals surface area contributed by atoms with Gasteiger partial charge in [0, 0.05) is 16.3 Å². The smallest absolute Gasteiger partial charge is 0.0552 e. The molecule has 2 nitrogen and oxygen atoms in total. The molecule has 1 saturated heterocycles. The standard InChI is InChI=1S/C21H26N2S/c1-17(12-15-22-13-6-7-14-22)16-23-18-8-2-4-10-20(18)24-21-11-5-3-9-19(21)23/h2-5,8-11,17H,6-7,12-16H2,1H3. The molecule has 1 unspecified atom stereocenters. The third-order valence-corrected chi connectivity index (χ3v) is 6.29. The van der Waals surface area contributed by atoms with Gasteiger partial charge in [0.05, 0.1) is 11.4 Å². The zero-order valence-electron chi connectivity index (χ0n) is 14.4. The predicted molar refractivity (Wildman–Crippen MR) is 103 cm³/mol. The molecule has 2 heterocycles. The molecule has 0 bridgehead atoms. The lowest BCUT2D eigenvalue weighted by atomic mass is 10.1. The average molecular weight is 339 g/mol. The van der Waals surface area contributed by atoms with Crippen LogP contribution in [0.2, 0.25) is 0 Å². The number of nitrogens with zero attached hydrogens (tertiary/aromatic N) is 2. The second-order valence-electron chi connectivity index (χ2n) is 7.09. The average Bonchev–Trinajstić information content (AvgIpc) is 3.13. The minimum absolute atomic E-state index is 0.690. The van der Waals surface area contributed by atoms with E-state index in [-0.39, 0.29) is 0 Å². The van der Waals surface area contributed by atoms with Crippen molar-refractivity contribution in [2.45, 2.75) is 36.0 Å². The van der Waals surface area contributed by atoms with Gasteiger partial charge in [-0.2, -0.15) is 0 Å². The van der Waals surface area contributed by atoms with Gasteiger partial charge < -0.3 is 9.80 Å². The SMILES string of the molecule is CC(CCN1CCCC1)CN1c2ccccc2Sc2ccccc21. The van der Waals surface area contributed by atoms with E-state index >= 15 is 0 Å². The Morgan fingerprint density at radius 2 is 1.50 bits per heavy atom. The zero-order chi connectivity index (χ0) is 16.4. The van der Waals surface area contributed by atoms with Gasteiger partial charge in [-0.25, -0.2) is 0 Å². The molecule has 2 aliphatic heterocycles. The van der Waals surface area contributed by atoms with Gasteiger partial charge in [-0.1, -0.05) is 43.0 Å². The van der Waals surface area contributed by atoms with Gasteiger partial charge in [0.1, 0.15) is 0 Å². The van der Waals surface area contributed by atoms with E-state index in [1.165, 1.54) is 60.1 Å². The number of hydrogen-bond acceptors (Lipinski definition) is 3. The van der Waals surface area contributed by atoms with Gasteiger partial charge in [0.2, 0.25) is 0 Å². The fourth-order valence-electron chi connectivity index (χ4n) is 3.79. The van der Waals surface area contributed by atoms with Crippen LogP contribution in [-0.4, -0.2) is 31.1 Å². The van der Waals surface area contributed by atoms with Crippen molar-refractivity contribution < 1.29 is 0 Å². The van der Waals surface area contributed by atoms with Crippen molar-refractivity contribution in [3.63, 3.8) is 0 Å². The van der Waals surface area contributed by atoms with Crippen LogP contribution in [-0.2, 0) is 0 Å². The van der Waals surface area contributed by atoms with Gasteiger partial charge in [0.15, 0.2) is 0 Å². The number of benzene rings is 2. The van der Waals surface area contributed by atoms with Crippen molar-refractivity contribution >= 4 is 23.1 Å². The van der Waals surface area contributed by atoms with Gasteiger partial charge in [-0.3, -0.25) is 0 Å². The van der Waals surface area contributed by atoms with E-state index in [4.69, 9.17) is 0 Å². The maximum absolute atomic E-state index is 2.63. The van der Waals surface area contributed by atoms with Gasteiger partial charge in [-0.05, 0) is 69.1 Å². The molecule has 1 atom stereocenters. The summed E-state index contributed by atoms with van der Waals surface area (Å²) in [5.41, 5.74) is 2.74. The molecule has 2 aromatic rings. The molecular weight excluding hydrogens is 312 g/mol. The number of fused-ring (bicyclic) bond motifs is 2. The molecule has 4 rings (SSSR count). The Labute approximate surface area is 149 Å². The van der Waals surface area contributed by atoms with E-state index in [1.54, 1.807) is 0 Å². The van der Waals surface area contributed by atoms with Gasteiger partial charge in [-0.15, -0.1) is 0 Å². The highest BCUT2D eigenvalue weighted by atomic mass is 32.2. The Balaban J connectivity index is 1.51. The summed E-state index contributed by atoms with van der Waals surface area (Å²) < 4.78 is 0. The number of anilines is 2. The Bertz CT molecular complexity index is 648. The summed E-state index contributed by atoms with van der Waals surface area (Å²) in [6, 6.07) is 17.7. The lowest BCUT2D eigenvalue weighted by molar-refractivity contribution is 0.309. The molecule has 2 aliphatic rings. The van der Waals surface area contributed by atoms with Crippen LogP contribution in [0.15, 0.2) is 58.3 Å². The molecule has 0 radical (unpaired) electrons. The van der Waals surface area contributed by atoms with Crippen LogP contribution in [0.3, 0.4) is 0 Å². The molecule has 24 heavy (non-hydrogen) atoms. The lowest BCUT2D eigenvalue weighted by Crippen LogP contribution is -2.29.